The maximum Gasteiger partial charge on any atom is 0.0620 e. The Balaban J connectivity index is 1.60. The zero-order chi connectivity index (χ0) is 15.1. The van der Waals surface area contributed by atoms with Crippen LogP contribution in [-0.2, 0) is 4.74 Å². The van der Waals surface area contributed by atoms with Crippen LogP contribution in [0.15, 0.2) is 0 Å². The molecule has 0 aromatic carbocycles. The summed E-state index contributed by atoms with van der Waals surface area (Å²) in [6.07, 6.45) is 9.92. The van der Waals surface area contributed by atoms with E-state index in [0.717, 1.165) is 25.9 Å². The average Bonchev–Trinajstić information content (AvgIpc) is 2.48. The van der Waals surface area contributed by atoms with E-state index in [1.165, 1.54) is 43.1 Å². The van der Waals surface area contributed by atoms with Gasteiger partial charge < -0.3 is 15.8 Å². The Morgan fingerprint density at radius 3 is 2.67 bits per heavy atom. The van der Waals surface area contributed by atoms with Crippen molar-refractivity contribution in [1.82, 2.24) is 10.0 Å². The van der Waals surface area contributed by atoms with Crippen molar-refractivity contribution in [2.45, 2.75) is 88.6 Å². The Hall–Kier alpha value is 0.540. The molecule has 3 atom stereocenters. The van der Waals surface area contributed by atoms with Crippen LogP contribution in [0, 0.1) is 0 Å². The smallest absolute Gasteiger partial charge is 0.0620 e. The lowest BCUT2D eigenvalue weighted by atomic mass is 9.91. The topological polar surface area (TPSA) is 59.3 Å². The molecular formula is C15H31N3OS2. The molecule has 0 spiro atoms. The fourth-order valence-corrected chi connectivity index (χ4v) is 4.31. The van der Waals surface area contributed by atoms with Crippen LogP contribution in [0.5, 0.6) is 0 Å². The molecule has 2 rings (SSSR count). The van der Waals surface area contributed by atoms with Crippen molar-refractivity contribution in [3.8, 4) is 0 Å². The molecule has 0 amide bonds. The highest BCUT2D eigenvalue weighted by Crippen LogP contribution is 2.23. The minimum absolute atomic E-state index is 0.403. The van der Waals surface area contributed by atoms with Gasteiger partial charge in [-0.15, -0.1) is 0 Å². The van der Waals surface area contributed by atoms with Crippen LogP contribution in [-0.4, -0.2) is 36.9 Å². The summed E-state index contributed by atoms with van der Waals surface area (Å²) in [6.45, 7) is 3.05. The molecule has 21 heavy (non-hydrogen) atoms. The summed E-state index contributed by atoms with van der Waals surface area (Å²) >= 11 is 4.17. The molecule has 2 aliphatic carbocycles. The van der Waals surface area contributed by atoms with Crippen molar-refractivity contribution in [3.63, 3.8) is 0 Å². The third kappa shape index (κ3) is 6.67. The summed E-state index contributed by atoms with van der Waals surface area (Å²) in [7, 11) is 1.42. The van der Waals surface area contributed by atoms with Crippen LogP contribution >= 0.6 is 22.6 Å². The normalized spacial score (nSPS) is 35.6. The lowest BCUT2D eigenvalue weighted by Gasteiger charge is -2.32. The summed E-state index contributed by atoms with van der Waals surface area (Å²) < 4.78 is 9.47. The first-order valence-corrected chi connectivity index (χ1v) is 10.2. The molecule has 6 heteroatoms. The number of thiol groups is 1. The van der Waals surface area contributed by atoms with E-state index >= 15 is 0 Å². The van der Waals surface area contributed by atoms with Crippen LogP contribution in [0.1, 0.15) is 58.3 Å². The Kier molecular flexibility index (Phi) is 8.20. The summed E-state index contributed by atoms with van der Waals surface area (Å²) in [5, 5.41) is 3.70. The van der Waals surface area contributed by atoms with Gasteiger partial charge in [0, 0.05) is 24.2 Å². The minimum Gasteiger partial charge on any atom is -0.377 e. The number of nitrogens with two attached hydrogens (primary N) is 1. The largest absolute Gasteiger partial charge is 0.377 e. The molecule has 1 unspecified atom stereocenters. The lowest BCUT2D eigenvalue weighted by molar-refractivity contribution is 0.0105. The highest BCUT2D eigenvalue weighted by Gasteiger charge is 2.24. The van der Waals surface area contributed by atoms with Crippen molar-refractivity contribution in [3.05, 3.63) is 0 Å². The van der Waals surface area contributed by atoms with Crippen molar-refractivity contribution < 1.29 is 4.74 Å². The van der Waals surface area contributed by atoms with Crippen LogP contribution in [0.2, 0.25) is 0 Å². The Morgan fingerprint density at radius 2 is 1.95 bits per heavy atom. The second kappa shape index (κ2) is 9.63. The summed E-state index contributed by atoms with van der Waals surface area (Å²) in [4.78, 5) is 0. The quantitative estimate of drug-likeness (QED) is 0.328. The van der Waals surface area contributed by atoms with E-state index in [4.69, 9.17) is 10.5 Å². The SMILES string of the molecule is CC(CO[C@@H]1CCC[C@H](NSS)C1)N[C@H]1CC[C@@H](N)CC1. The number of rotatable bonds is 7. The predicted octanol–water partition coefficient (Wildman–Crippen LogP) is 2.64. The Bertz CT molecular complexity index is 286. The zero-order valence-electron chi connectivity index (χ0n) is 13.1. The summed E-state index contributed by atoms with van der Waals surface area (Å²) in [5.41, 5.74) is 5.96. The third-order valence-electron chi connectivity index (χ3n) is 4.72. The molecule has 2 saturated carbocycles. The Morgan fingerprint density at radius 1 is 1.19 bits per heavy atom. The van der Waals surface area contributed by atoms with E-state index < -0.39 is 0 Å². The minimum atomic E-state index is 0.403. The van der Waals surface area contributed by atoms with Gasteiger partial charge in [-0.2, -0.15) is 0 Å². The average molecular weight is 334 g/mol. The fraction of sp³-hybridized carbons (Fsp3) is 1.00. The van der Waals surface area contributed by atoms with Gasteiger partial charge in [-0.25, -0.2) is 0 Å². The molecule has 0 radical (unpaired) electrons. The number of hydrogen-bond donors (Lipinski definition) is 4. The Labute approximate surface area is 138 Å². The third-order valence-corrected chi connectivity index (χ3v) is 5.47. The molecule has 124 valence electrons. The first-order chi connectivity index (χ1) is 10.2. The molecule has 0 aromatic heterocycles. The highest BCUT2D eigenvalue weighted by atomic mass is 33.1. The van der Waals surface area contributed by atoms with Crippen LogP contribution in [0.25, 0.3) is 0 Å². The van der Waals surface area contributed by atoms with Gasteiger partial charge in [-0.1, -0.05) is 11.7 Å². The van der Waals surface area contributed by atoms with Crippen LogP contribution in [0.3, 0.4) is 0 Å². The van der Waals surface area contributed by atoms with E-state index in [1.807, 2.05) is 0 Å². The van der Waals surface area contributed by atoms with E-state index in [-0.39, 0.29) is 0 Å². The van der Waals surface area contributed by atoms with Crippen molar-refractivity contribution >= 4 is 22.6 Å². The van der Waals surface area contributed by atoms with E-state index in [9.17, 15) is 0 Å². The molecule has 0 aliphatic heterocycles. The second-order valence-corrected chi connectivity index (χ2v) is 7.67. The molecule has 2 aliphatic rings. The van der Waals surface area contributed by atoms with Crippen molar-refractivity contribution in [1.29, 1.82) is 0 Å². The van der Waals surface area contributed by atoms with Gasteiger partial charge in [0.25, 0.3) is 0 Å². The maximum absolute atomic E-state index is 6.12. The van der Waals surface area contributed by atoms with E-state index in [0.29, 0.717) is 30.3 Å². The van der Waals surface area contributed by atoms with Gasteiger partial charge in [0.2, 0.25) is 0 Å². The van der Waals surface area contributed by atoms with Crippen LogP contribution < -0.4 is 15.8 Å². The number of hydrogen-bond acceptors (Lipinski definition) is 6. The first-order valence-electron chi connectivity index (χ1n) is 8.36. The monoisotopic (exact) mass is 333 g/mol. The standard InChI is InChI=1S/C15H31N3OS2/c1-11(17-13-7-5-12(16)6-8-13)10-19-15-4-2-3-14(9-15)18-21-20/h11-15,17-18,20H,2-10,16H2,1H3/t11?,12-,13+,14-,15+/m0/s1. The van der Waals surface area contributed by atoms with Gasteiger partial charge in [-0.3, -0.25) is 4.72 Å². The lowest BCUT2D eigenvalue weighted by Crippen LogP contribution is -2.44. The molecule has 2 fully saturated rings. The van der Waals surface area contributed by atoms with Gasteiger partial charge in [0.05, 0.1) is 12.7 Å². The molecule has 0 aromatic rings. The zero-order valence-corrected chi connectivity index (χ0v) is 14.8. The van der Waals surface area contributed by atoms with E-state index in [2.05, 4.69) is 28.6 Å². The molecule has 0 heterocycles. The van der Waals surface area contributed by atoms with Gasteiger partial charge in [0.1, 0.15) is 0 Å². The predicted molar refractivity (Wildman–Crippen MR) is 94.5 cm³/mol. The van der Waals surface area contributed by atoms with Crippen molar-refractivity contribution in [2.24, 2.45) is 5.73 Å². The molecular weight excluding hydrogens is 302 g/mol. The summed E-state index contributed by atoms with van der Waals surface area (Å²) in [5.74, 6) is 0. The van der Waals surface area contributed by atoms with Crippen LogP contribution in [0.4, 0.5) is 0 Å². The second-order valence-electron chi connectivity index (χ2n) is 6.71. The highest BCUT2D eigenvalue weighted by molar-refractivity contribution is 8.67. The fourth-order valence-electron chi connectivity index (χ4n) is 3.49. The molecule has 0 saturated heterocycles. The summed E-state index contributed by atoms with van der Waals surface area (Å²) in [6, 6.07) is 2.03. The van der Waals surface area contributed by atoms with Gasteiger partial charge >= 0.3 is 0 Å². The van der Waals surface area contributed by atoms with E-state index in [1.54, 1.807) is 0 Å². The first kappa shape index (κ1) is 17.9. The molecule has 4 N–H and O–H groups in total. The number of ether oxygens (including phenoxy) is 1. The molecule has 4 nitrogen and oxygen atoms in total. The van der Waals surface area contributed by atoms with Gasteiger partial charge in [-0.05, 0) is 69.3 Å². The number of nitrogens with one attached hydrogen (secondary N) is 2. The molecule has 0 bridgehead atoms. The van der Waals surface area contributed by atoms with Crippen molar-refractivity contribution in [2.75, 3.05) is 6.61 Å². The maximum atomic E-state index is 6.12. The van der Waals surface area contributed by atoms with Gasteiger partial charge in [0.15, 0.2) is 0 Å².